The van der Waals surface area contributed by atoms with E-state index in [1.54, 1.807) is 12.1 Å². The molecular weight excluding hydrogens is 234 g/mol. The summed E-state index contributed by atoms with van der Waals surface area (Å²) in [6.45, 7) is 6.21. The summed E-state index contributed by atoms with van der Waals surface area (Å²) in [6.07, 6.45) is 2.62. The minimum absolute atomic E-state index is 0.277. The summed E-state index contributed by atoms with van der Waals surface area (Å²) < 4.78 is 0. The van der Waals surface area contributed by atoms with Crippen LogP contribution in [0.2, 0.25) is 5.02 Å². The van der Waals surface area contributed by atoms with E-state index in [9.17, 15) is 5.11 Å². The van der Waals surface area contributed by atoms with Crippen molar-refractivity contribution in [1.82, 2.24) is 5.32 Å². The molecule has 1 saturated carbocycles. The van der Waals surface area contributed by atoms with E-state index in [0.717, 1.165) is 18.0 Å². The fraction of sp³-hybridized carbons (Fsp3) is 0.571. The van der Waals surface area contributed by atoms with Crippen LogP contribution < -0.4 is 5.32 Å². The number of hydrogen-bond donors (Lipinski definition) is 2. The van der Waals surface area contributed by atoms with Crippen LogP contribution in [-0.2, 0) is 6.54 Å². The van der Waals surface area contributed by atoms with Crippen LogP contribution >= 0.6 is 11.6 Å². The number of halogens is 1. The summed E-state index contributed by atoms with van der Waals surface area (Å²) in [6, 6.07) is 5.25. The molecule has 1 aromatic rings. The van der Waals surface area contributed by atoms with E-state index in [0.29, 0.717) is 17.0 Å². The van der Waals surface area contributed by atoms with Crippen molar-refractivity contribution in [3.8, 4) is 5.75 Å². The summed E-state index contributed by atoms with van der Waals surface area (Å²) in [7, 11) is 0. The fourth-order valence-corrected chi connectivity index (χ4v) is 2.51. The molecule has 17 heavy (non-hydrogen) atoms. The van der Waals surface area contributed by atoms with E-state index in [1.165, 1.54) is 12.8 Å². The lowest BCUT2D eigenvalue weighted by molar-refractivity contribution is 0.336. The highest BCUT2D eigenvalue weighted by Crippen LogP contribution is 2.51. The second kappa shape index (κ2) is 4.87. The maximum atomic E-state index is 9.72. The Morgan fingerprint density at radius 1 is 1.41 bits per heavy atom. The molecule has 0 radical (unpaired) electrons. The van der Waals surface area contributed by atoms with Gasteiger partial charge in [0, 0.05) is 23.7 Å². The molecule has 0 atom stereocenters. The van der Waals surface area contributed by atoms with Gasteiger partial charge in [-0.1, -0.05) is 31.5 Å². The van der Waals surface area contributed by atoms with Gasteiger partial charge in [-0.25, -0.2) is 0 Å². The first-order valence-corrected chi connectivity index (χ1v) is 6.60. The minimum atomic E-state index is 0.277. The van der Waals surface area contributed by atoms with Crippen molar-refractivity contribution in [2.45, 2.75) is 33.2 Å². The van der Waals surface area contributed by atoms with Gasteiger partial charge in [0.2, 0.25) is 0 Å². The Labute approximate surface area is 108 Å². The van der Waals surface area contributed by atoms with E-state index in [2.05, 4.69) is 19.2 Å². The molecule has 0 bridgehead atoms. The molecule has 1 fully saturated rings. The van der Waals surface area contributed by atoms with Gasteiger partial charge in [0.25, 0.3) is 0 Å². The number of nitrogens with one attached hydrogen (secondary N) is 1. The molecule has 2 nitrogen and oxygen atoms in total. The van der Waals surface area contributed by atoms with Gasteiger partial charge in [0.05, 0.1) is 0 Å². The summed E-state index contributed by atoms with van der Waals surface area (Å²) in [5.74, 6) is 0.995. The molecule has 3 heteroatoms. The van der Waals surface area contributed by atoms with Crippen LogP contribution in [0.15, 0.2) is 18.2 Å². The third-order valence-corrected chi connectivity index (χ3v) is 4.34. The predicted octanol–water partition coefficient (Wildman–Crippen LogP) is 3.57. The second-order valence-corrected chi connectivity index (χ2v) is 5.77. The van der Waals surface area contributed by atoms with Gasteiger partial charge in [-0.2, -0.15) is 0 Å². The maximum Gasteiger partial charge on any atom is 0.121 e. The van der Waals surface area contributed by atoms with Gasteiger partial charge < -0.3 is 10.4 Å². The highest BCUT2D eigenvalue weighted by atomic mass is 35.5. The van der Waals surface area contributed by atoms with E-state index >= 15 is 0 Å². The Hall–Kier alpha value is -0.730. The van der Waals surface area contributed by atoms with Gasteiger partial charge in [0.15, 0.2) is 0 Å². The van der Waals surface area contributed by atoms with Gasteiger partial charge >= 0.3 is 0 Å². The molecular formula is C14H20ClNO. The first kappa shape index (κ1) is 12.7. The molecule has 1 aliphatic rings. The number of aromatic hydroxyl groups is 1. The molecule has 2 N–H and O–H groups in total. The number of hydrogen-bond acceptors (Lipinski definition) is 2. The summed E-state index contributed by atoms with van der Waals surface area (Å²) in [4.78, 5) is 0. The van der Waals surface area contributed by atoms with E-state index in [-0.39, 0.29) is 5.75 Å². The Morgan fingerprint density at radius 3 is 2.65 bits per heavy atom. The predicted molar refractivity (Wildman–Crippen MR) is 71.3 cm³/mol. The highest BCUT2D eigenvalue weighted by Gasteiger charge is 2.44. The van der Waals surface area contributed by atoms with E-state index in [1.807, 2.05) is 6.07 Å². The van der Waals surface area contributed by atoms with Crippen LogP contribution in [0.3, 0.4) is 0 Å². The quantitative estimate of drug-likeness (QED) is 0.841. The van der Waals surface area contributed by atoms with Crippen molar-refractivity contribution < 1.29 is 5.11 Å². The van der Waals surface area contributed by atoms with Crippen LogP contribution in [0.4, 0.5) is 0 Å². The number of phenolic OH excluding ortho intramolecular Hbond substituents is 1. The average molecular weight is 254 g/mol. The standard InChI is InChI=1S/C14H20ClNO/c1-10(2)14(6-7-14)9-16-8-11-12(15)4-3-5-13(11)17/h3-5,10,16-17H,6-9H2,1-2H3. The third kappa shape index (κ3) is 2.75. The van der Waals surface area contributed by atoms with Crippen molar-refractivity contribution in [3.63, 3.8) is 0 Å². The van der Waals surface area contributed by atoms with Gasteiger partial charge in [-0.3, -0.25) is 0 Å². The zero-order chi connectivity index (χ0) is 12.5. The van der Waals surface area contributed by atoms with Gasteiger partial charge in [-0.05, 0) is 36.3 Å². The van der Waals surface area contributed by atoms with E-state index in [4.69, 9.17) is 11.6 Å². The molecule has 0 aromatic heterocycles. The molecule has 94 valence electrons. The molecule has 2 rings (SSSR count). The largest absolute Gasteiger partial charge is 0.508 e. The summed E-state index contributed by atoms with van der Waals surface area (Å²) in [5, 5.41) is 13.8. The molecule has 1 aliphatic carbocycles. The lowest BCUT2D eigenvalue weighted by Gasteiger charge is -2.20. The normalized spacial score (nSPS) is 17.4. The van der Waals surface area contributed by atoms with Crippen molar-refractivity contribution >= 4 is 11.6 Å². The van der Waals surface area contributed by atoms with Crippen molar-refractivity contribution in [3.05, 3.63) is 28.8 Å². The lowest BCUT2D eigenvalue weighted by Crippen LogP contribution is -2.27. The second-order valence-electron chi connectivity index (χ2n) is 5.36. The van der Waals surface area contributed by atoms with Crippen LogP contribution in [0.1, 0.15) is 32.3 Å². The molecule has 0 unspecified atom stereocenters. The van der Waals surface area contributed by atoms with Crippen LogP contribution in [0, 0.1) is 11.3 Å². The van der Waals surface area contributed by atoms with Crippen molar-refractivity contribution in [1.29, 1.82) is 0 Å². The Kier molecular flexibility index (Phi) is 3.64. The highest BCUT2D eigenvalue weighted by molar-refractivity contribution is 6.31. The average Bonchev–Trinajstić information content (AvgIpc) is 3.03. The zero-order valence-corrected chi connectivity index (χ0v) is 11.2. The van der Waals surface area contributed by atoms with Gasteiger partial charge in [0.1, 0.15) is 5.75 Å². The Bertz CT molecular complexity index is 379. The number of benzene rings is 1. The topological polar surface area (TPSA) is 32.3 Å². The van der Waals surface area contributed by atoms with Crippen LogP contribution in [0.25, 0.3) is 0 Å². The first-order chi connectivity index (χ1) is 8.05. The molecule has 0 aliphatic heterocycles. The van der Waals surface area contributed by atoms with E-state index < -0.39 is 0 Å². The van der Waals surface area contributed by atoms with Gasteiger partial charge in [-0.15, -0.1) is 0 Å². The maximum absolute atomic E-state index is 9.72. The molecule has 1 aromatic carbocycles. The van der Waals surface area contributed by atoms with Crippen LogP contribution in [0.5, 0.6) is 5.75 Å². The monoisotopic (exact) mass is 253 g/mol. The Morgan fingerprint density at radius 2 is 2.12 bits per heavy atom. The smallest absolute Gasteiger partial charge is 0.121 e. The number of rotatable bonds is 5. The van der Waals surface area contributed by atoms with Crippen molar-refractivity contribution in [2.24, 2.45) is 11.3 Å². The zero-order valence-electron chi connectivity index (χ0n) is 10.5. The lowest BCUT2D eigenvalue weighted by atomic mass is 9.92. The fourth-order valence-electron chi connectivity index (χ4n) is 2.28. The van der Waals surface area contributed by atoms with Crippen molar-refractivity contribution in [2.75, 3.05) is 6.54 Å². The third-order valence-electron chi connectivity index (χ3n) is 3.99. The first-order valence-electron chi connectivity index (χ1n) is 6.22. The molecule has 0 amide bonds. The summed E-state index contributed by atoms with van der Waals surface area (Å²) in [5.41, 5.74) is 1.28. The minimum Gasteiger partial charge on any atom is -0.508 e. The van der Waals surface area contributed by atoms with Crippen LogP contribution in [-0.4, -0.2) is 11.7 Å². The molecule has 0 heterocycles. The molecule has 0 spiro atoms. The SMILES string of the molecule is CC(C)C1(CNCc2c(O)cccc2Cl)CC1. The number of phenols is 1. The Balaban J connectivity index is 1.91. The molecule has 0 saturated heterocycles. The summed E-state index contributed by atoms with van der Waals surface area (Å²) >= 11 is 6.06.